The molecule has 1 amide bonds. The first-order valence-corrected chi connectivity index (χ1v) is 10.3. The zero-order chi connectivity index (χ0) is 20.4. The van der Waals surface area contributed by atoms with Gasteiger partial charge in [-0.15, -0.1) is 0 Å². The Morgan fingerprint density at radius 3 is 2.50 bits per heavy atom. The van der Waals surface area contributed by atoms with Gasteiger partial charge in [0.15, 0.2) is 0 Å². The third kappa shape index (κ3) is 7.35. The molecule has 0 atom stereocenters. The molecule has 1 aliphatic rings. The van der Waals surface area contributed by atoms with Crippen molar-refractivity contribution < 1.29 is 14.3 Å². The molecule has 1 aromatic rings. The number of benzene rings is 1. The Hall–Kier alpha value is -1.74. The Labute approximate surface area is 173 Å². The Balaban J connectivity index is 1.75. The maximum Gasteiger partial charge on any atom is 0.415 e. The number of ether oxygens (including phenoxy) is 2. The fourth-order valence-corrected chi connectivity index (χ4v) is 3.43. The second-order valence-corrected chi connectivity index (χ2v) is 7.56. The van der Waals surface area contributed by atoms with E-state index in [-0.39, 0.29) is 12.1 Å². The second kappa shape index (κ2) is 12.0. The maximum atomic E-state index is 12.4. The van der Waals surface area contributed by atoms with Gasteiger partial charge in [0, 0.05) is 37.7 Å². The summed E-state index contributed by atoms with van der Waals surface area (Å²) < 4.78 is 10.6. The van der Waals surface area contributed by atoms with Gasteiger partial charge in [-0.2, -0.15) is 0 Å². The highest BCUT2D eigenvalue weighted by Gasteiger charge is 2.26. The molecule has 0 unspecified atom stereocenters. The molecule has 28 heavy (non-hydrogen) atoms. The van der Waals surface area contributed by atoms with E-state index >= 15 is 0 Å². The summed E-state index contributed by atoms with van der Waals surface area (Å²) in [5.41, 5.74) is 0. The lowest BCUT2D eigenvalue weighted by Crippen LogP contribution is -2.41. The lowest BCUT2D eigenvalue weighted by molar-refractivity contribution is 0.129. The largest absolute Gasteiger partial charge is 0.415 e. The molecular weight excluding hydrogens is 376 g/mol. The zero-order valence-electron chi connectivity index (χ0n) is 17.1. The highest BCUT2D eigenvalue weighted by molar-refractivity contribution is 6.30. The zero-order valence-corrected chi connectivity index (χ0v) is 17.9. The van der Waals surface area contributed by atoms with Gasteiger partial charge in [-0.25, -0.2) is 4.79 Å². The van der Waals surface area contributed by atoms with Gasteiger partial charge in [0.1, 0.15) is 5.75 Å². The van der Waals surface area contributed by atoms with Crippen LogP contribution in [0.5, 0.6) is 5.75 Å². The summed E-state index contributed by atoms with van der Waals surface area (Å²) in [6, 6.07) is 7.03. The van der Waals surface area contributed by atoms with Crippen LogP contribution >= 0.6 is 11.6 Å². The number of methoxy groups -OCH3 is 1. The van der Waals surface area contributed by atoms with Crippen molar-refractivity contribution in [3.63, 3.8) is 0 Å². The molecule has 0 aliphatic heterocycles. The number of carbonyl (C=O) groups excluding carboxylic acids is 1. The minimum absolute atomic E-state index is 0.201. The molecular formula is C22H31ClN2O3. The number of nitrogens with zero attached hydrogens (tertiary/aromatic N) is 2. The van der Waals surface area contributed by atoms with Gasteiger partial charge in [-0.05, 0) is 56.5 Å². The molecule has 5 nitrogen and oxygen atoms in total. The Bertz CT molecular complexity index is 661. The van der Waals surface area contributed by atoms with E-state index in [1.807, 2.05) is 7.05 Å². The van der Waals surface area contributed by atoms with Crippen LogP contribution in [0.3, 0.4) is 0 Å². The minimum atomic E-state index is -0.325. The number of likely N-dealkylation sites (N-methyl/N-ethyl adjacent to an activating group) is 1. The normalized spacial score (nSPS) is 19.0. The molecule has 0 aromatic heterocycles. The van der Waals surface area contributed by atoms with Crippen LogP contribution in [0.2, 0.25) is 5.02 Å². The molecule has 1 aromatic carbocycles. The van der Waals surface area contributed by atoms with E-state index in [0.717, 1.165) is 51.9 Å². The topological polar surface area (TPSA) is 42.0 Å². The summed E-state index contributed by atoms with van der Waals surface area (Å²) in [4.78, 5) is 16.4. The van der Waals surface area contributed by atoms with Gasteiger partial charge in [0.25, 0.3) is 0 Å². The lowest BCUT2D eigenvalue weighted by Gasteiger charge is -2.32. The minimum Gasteiger partial charge on any atom is -0.410 e. The Morgan fingerprint density at radius 1 is 1.21 bits per heavy atom. The van der Waals surface area contributed by atoms with Crippen LogP contribution in [0.4, 0.5) is 4.79 Å². The molecule has 0 saturated heterocycles. The van der Waals surface area contributed by atoms with Gasteiger partial charge in [-0.1, -0.05) is 30.4 Å². The van der Waals surface area contributed by atoms with Gasteiger partial charge < -0.3 is 14.4 Å². The predicted octanol–water partition coefficient (Wildman–Crippen LogP) is 4.30. The van der Waals surface area contributed by atoms with Crippen LogP contribution in [0.15, 0.2) is 24.3 Å². The predicted molar refractivity (Wildman–Crippen MR) is 113 cm³/mol. The summed E-state index contributed by atoms with van der Waals surface area (Å²) in [5, 5.41) is 0.619. The Morgan fingerprint density at radius 2 is 1.89 bits per heavy atom. The second-order valence-electron chi connectivity index (χ2n) is 7.12. The molecule has 0 radical (unpaired) electrons. The smallest absolute Gasteiger partial charge is 0.410 e. The van der Waals surface area contributed by atoms with Crippen molar-refractivity contribution >= 4 is 17.7 Å². The summed E-state index contributed by atoms with van der Waals surface area (Å²) in [5.74, 6) is 7.66. The molecule has 1 fully saturated rings. The van der Waals surface area contributed by atoms with E-state index in [9.17, 15) is 4.79 Å². The number of hydrogen-bond acceptors (Lipinski definition) is 4. The van der Waals surface area contributed by atoms with Crippen molar-refractivity contribution in [3.8, 4) is 17.6 Å². The highest BCUT2D eigenvalue weighted by atomic mass is 35.5. The van der Waals surface area contributed by atoms with E-state index in [0.29, 0.717) is 16.7 Å². The number of rotatable bonds is 7. The molecule has 6 heteroatoms. The SMILES string of the molecule is CCN(CC#C[C@H]1CC[C@H](N(C)C(=O)Oc2ccc(Cl)cc2)CC1)CCOC. The van der Waals surface area contributed by atoms with Crippen molar-refractivity contribution in [2.24, 2.45) is 5.92 Å². The molecule has 1 aliphatic carbocycles. The number of halogens is 1. The summed E-state index contributed by atoms with van der Waals surface area (Å²) in [6.07, 6.45) is 3.61. The summed E-state index contributed by atoms with van der Waals surface area (Å²) >= 11 is 5.86. The van der Waals surface area contributed by atoms with Crippen molar-refractivity contribution in [3.05, 3.63) is 29.3 Å². The monoisotopic (exact) mass is 406 g/mol. The summed E-state index contributed by atoms with van der Waals surface area (Å²) in [6.45, 7) is 5.55. The van der Waals surface area contributed by atoms with E-state index in [1.165, 1.54) is 0 Å². The first kappa shape index (κ1) is 22.5. The fraction of sp³-hybridized carbons (Fsp3) is 0.591. The highest BCUT2D eigenvalue weighted by Crippen LogP contribution is 2.27. The summed E-state index contributed by atoms with van der Waals surface area (Å²) in [7, 11) is 3.53. The average Bonchev–Trinajstić information content (AvgIpc) is 2.72. The van der Waals surface area contributed by atoms with Gasteiger partial charge >= 0.3 is 6.09 Å². The average molecular weight is 407 g/mol. The number of carbonyl (C=O) groups is 1. The van der Waals surface area contributed by atoms with Gasteiger partial charge in [0.2, 0.25) is 0 Å². The van der Waals surface area contributed by atoms with Crippen LogP contribution in [-0.4, -0.2) is 62.3 Å². The van der Waals surface area contributed by atoms with Crippen LogP contribution in [-0.2, 0) is 4.74 Å². The van der Waals surface area contributed by atoms with Crippen LogP contribution < -0.4 is 4.74 Å². The molecule has 0 bridgehead atoms. The van der Waals surface area contributed by atoms with Crippen LogP contribution in [0.1, 0.15) is 32.6 Å². The van der Waals surface area contributed by atoms with Crippen LogP contribution in [0.25, 0.3) is 0 Å². The van der Waals surface area contributed by atoms with E-state index in [4.69, 9.17) is 21.1 Å². The first-order valence-electron chi connectivity index (χ1n) is 9.93. The number of amides is 1. The molecule has 0 spiro atoms. The Kier molecular flexibility index (Phi) is 9.63. The van der Waals surface area contributed by atoms with Crippen LogP contribution in [0, 0.1) is 17.8 Å². The van der Waals surface area contributed by atoms with Crippen molar-refractivity contribution in [2.75, 3.05) is 40.4 Å². The molecule has 0 heterocycles. The fourth-order valence-electron chi connectivity index (χ4n) is 3.30. The molecule has 1 saturated carbocycles. The quantitative estimate of drug-likeness (QED) is 0.633. The van der Waals surface area contributed by atoms with E-state index in [1.54, 1.807) is 36.3 Å². The molecule has 2 rings (SSSR count). The maximum absolute atomic E-state index is 12.4. The van der Waals surface area contributed by atoms with E-state index < -0.39 is 0 Å². The standard InChI is InChI=1S/C22H31ClN2O3/c1-4-25(16-17-27-3)15-5-6-18-7-11-20(12-8-18)24(2)22(26)28-21-13-9-19(23)10-14-21/h9-10,13-14,18,20H,4,7-8,11-12,15-17H2,1-3H3/t18-,20-. The van der Waals surface area contributed by atoms with Gasteiger partial charge in [0.05, 0.1) is 13.2 Å². The molecule has 154 valence electrons. The van der Waals surface area contributed by atoms with E-state index in [2.05, 4.69) is 23.7 Å². The third-order valence-corrected chi connectivity index (χ3v) is 5.47. The third-order valence-electron chi connectivity index (χ3n) is 5.22. The molecule has 0 N–H and O–H groups in total. The van der Waals surface area contributed by atoms with Gasteiger partial charge in [-0.3, -0.25) is 4.90 Å². The number of hydrogen-bond donors (Lipinski definition) is 0. The first-order chi connectivity index (χ1) is 13.5. The lowest BCUT2D eigenvalue weighted by atomic mass is 9.86. The van der Waals surface area contributed by atoms with Crippen molar-refractivity contribution in [1.82, 2.24) is 9.80 Å². The van der Waals surface area contributed by atoms with Crippen molar-refractivity contribution in [2.45, 2.75) is 38.6 Å². The van der Waals surface area contributed by atoms with Crippen molar-refractivity contribution in [1.29, 1.82) is 0 Å².